The molecule has 2 aromatic rings. The van der Waals surface area contributed by atoms with Crippen LogP contribution in [0.25, 0.3) is 0 Å². The second kappa shape index (κ2) is 6.36. The Kier molecular flexibility index (Phi) is 4.28. The smallest absolute Gasteiger partial charge is 0.261 e. The summed E-state index contributed by atoms with van der Waals surface area (Å²) in [6, 6.07) is 8.89. The first-order valence-corrected chi connectivity index (χ1v) is 7.67. The van der Waals surface area contributed by atoms with Gasteiger partial charge in [-0.3, -0.25) is 4.79 Å². The van der Waals surface area contributed by atoms with E-state index >= 15 is 0 Å². The molecule has 1 heterocycles. The number of rotatable bonds is 3. The van der Waals surface area contributed by atoms with Crippen LogP contribution < -0.4 is 10.2 Å². The van der Waals surface area contributed by atoms with Gasteiger partial charge in [0.25, 0.3) is 5.91 Å². The number of carbonyl (C=O) groups excluding carboxylic acids is 1. The van der Waals surface area contributed by atoms with Crippen molar-refractivity contribution in [1.29, 1.82) is 0 Å². The third-order valence-corrected chi connectivity index (χ3v) is 4.09. The molecular weight excluding hydrogens is 298 g/mol. The Hall–Kier alpha value is -2.43. The summed E-state index contributed by atoms with van der Waals surface area (Å²) in [4.78, 5) is 14.4. The van der Waals surface area contributed by atoms with Gasteiger partial charge in [0.2, 0.25) is 0 Å². The Morgan fingerprint density at radius 2 is 1.74 bits per heavy atom. The van der Waals surface area contributed by atoms with Gasteiger partial charge in [-0.15, -0.1) is 0 Å². The highest BCUT2D eigenvalue weighted by Gasteiger charge is 2.18. The Morgan fingerprint density at radius 1 is 1.09 bits per heavy atom. The Balaban J connectivity index is 1.80. The van der Waals surface area contributed by atoms with Crippen molar-refractivity contribution in [1.82, 2.24) is 0 Å². The van der Waals surface area contributed by atoms with Crippen LogP contribution in [0.1, 0.15) is 28.8 Å². The van der Waals surface area contributed by atoms with Gasteiger partial charge in [0.05, 0.1) is 0 Å². The first kappa shape index (κ1) is 15.5. The van der Waals surface area contributed by atoms with Crippen LogP contribution in [-0.4, -0.2) is 19.0 Å². The lowest BCUT2D eigenvalue weighted by Gasteiger charge is -2.20. The molecule has 0 aliphatic carbocycles. The molecule has 2 aromatic carbocycles. The topological polar surface area (TPSA) is 32.3 Å². The monoisotopic (exact) mass is 316 g/mol. The Bertz CT molecular complexity index is 720. The van der Waals surface area contributed by atoms with Crippen molar-refractivity contribution >= 4 is 17.3 Å². The molecule has 1 fully saturated rings. The summed E-state index contributed by atoms with van der Waals surface area (Å²) in [6.45, 7) is 4.03. The molecule has 1 aliphatic rings. The normalized spacial score (nSPS) is 14.1. The van der Waals surface area contributed by atoms with Crippen molar-refractivity contribution in [3.63, 3.8) is 0 Å². The van der Waals surface area contributed by atoms with Crippen molar-refractivity contribution in [3.05, 3.63) is 59.2 Å². The van der Waals surface area contributed by atoms with Gasteiger partial charge in [0.1, 0.15) is 17.2 Å². The molecule has 120 valence electrons. The second-order valence-corrected chi connectivity index (χ2v) is 5.75. The molecule has 0 atom stereocenters. The van der Waals surface area contributed by atoms with Crippen molar-refractivity contribution in [3.8, 4) is 0 Å². The lowest BCUT2D eigenvalue weighted by molar-refractivity contribution is 0.101. The average Bonchev–Trinajstić information content (AvgIpc) is 3.01. The summed E-state index contributed by atoms with van der Waals surface area (Å²) >= 11 is 0. The minimum atomic E-state index is -0.868. The summed E-state index contributed by atoms with van der Waals surface area (Å²) in [5.74, 6) is -2.52. The largest absolute Gasteiger partial charge is 0.371 e. The maximum Gasteiger partial charge on any atom is 0.261 e. The zero-order valence-corrected chi connectivity index (χ0v) is 12.9. The molecule has 3 nitrogen and oxygen atoms in total. The van der Waals surface area contributed by atoms with Gasteiger partial charge in [-0.05, 0) is 55.7 Å². The fourth-order valence-corrected chi connectivity index (χ4v) is 2.95. The van der Waals surface area contributed by atoms with E-state index in [1.54, 1.807) is 6.07 Å². The third kappa shape index (κ3) is 3.18. The number of hydrogen-bond donors (Lipinski definition) is 1. The number of nitrogens with one attached hydrogen (secondary N) is 1. The van der Waals surface area contributed by atoms with Crippen molar-refractivity contribution in [2.75, 3.05) is 23.3 Å². The molecule has 1 amide bonds. The van der Waals surface area contributed by atoms with Crippen molar-refractivity contribution in [2.24, 2.45) is 0 Å². The molecule has 1 N–H and O–H groups in total. The van der Waals surface area contributed by atoms with E-state index in [0.717, 1.165) is 36.5 Å². The van der Waals surface area contributed by atoms with E-state index in [4.69, 9.17) is 0 Å². The van der Waals surface area contributed by atoms with E-state index in [2.05, 4.69) is 10.2 Å². The molecule has 0 radical (unpaired) electrons. The quantitative estimate of drug-likeness (QED) is 0.923. The molecule has 3 rings (SSSR count). The molecule has 0 spiro atoms. The third-order valence-electron chi connectivity index (χ3n) is 4.09. The van der Waals surface area contributed by atoms with E-state index in [1.165, 1.54) is 18.9 Å². The Morgan fingerprint density at radius 3 is 2.35 bits per heavy atom. The first-order chi connectivity index (χ1) is 11.1. The molecule has 0 unspecified atom stereocenters. The van der Waals surface area contributed by atoms with Crippen LogP contribution in [0.5, 0.6) is 0 Å². The van der Waals surface area contributed by atoms with Crippen LogP contribution in [-0.2, 0) is 0 Å². The molecule has 0 saturated carbocycles. The predicted molar refractivity (Wildman–Crippen MR) is 86.9 cm³/mol. The molecule has 1 saturated heterocycles. The highest BCUT2D eigenvalue weighted by atomic mass is 19.1. The summed E-state index contributed by atoms with van der Waals surface area (Å²) < 4.78 is 27.3. The SMILES string of the molecule is Cc1cc(NC(=O)c2c(F)cccc2F)ccc1N1CCCC1. The average molecular weight is 316 g/mol. The number of anilines is 2. The number of carbonyl (C=O) groups is 1. The van der Waals surface area contributed by atoms with Gasteiger partial charge in [-0.1, -0.05) is 6.07 Å². The summed E-state index contributed by atoms with van der Waals surface area (Å²) in [6.07, 6.45) is 2.37. The van der Waals surface area contributed by atoms with Crippen molar-refractivity contribution in [2.45, 2.75) is 19.8 Å². The van der Waals surface area contributed by atoms with Gasteiger partial charge < -0.3 is 10.2 Å². The summed E-state index contributed by atoms with van der Waals surface area (Å²) in [7, 11) is 0. The highest BCUT2D eigenvalue weighted by molar-refractivity contribution is 6.04. The molecule has 0 bridgehead atoms. The van der Waals surface area contributed by atoms with Crippen LogP contribution in [0.4, 0.5) is 20.2 Å². The standard InChI is InChI=1S/C18H18F2N2O/c1-12-11-13(7-8-16(12)22-9-2-3-10-22)21-18(23)17-14(19)5-4-6-15(17)20/h4-8,11H,2-3,9-10H2,1H3,(H,21,23). The first-order valence-electron chi connectivity index (χ1n) is 7.67. The predicted octanol–water partition coefficient (Wildman–Crippen LogP) is 4.13. The lowest BCUT2D eigenvalue weighted by atomic mass is 10.1. The van der Waals surface area contributed by atoms with Gasteiger partial charge in [-0.25, -0.2) is 8.78 Å². The molecule has 5 heteroatoms. The fourth-order valence-electron chi connectivity index (χ4n) is 2.95. The van der Waals surface area contributed by atoms with Gasteiger partial charge in [0.15, 0.2) is 0 Å². The van der Waals surface area contributed by atoms with Crippen LogP contribution in [0, 0.1) is 18.6 Å². The summed E-state index contributed by atoms with van der Waals surface area (Å²) in [5, 5.41) is 2.56. The second-order valence-electron chi connectivity index (χ2n) is 5.75. The van der Waals surface area contributed by atoms with E-state index in [0.29, 0.717) is 5.69 Å². The van der Waals surface area contributed by atoms with Gasteiger partial charge in [0, 0.05) is 24.5 Å². The zero-order chi connectivity index (χ0) is 16.4. The maximum atomic E-state index is 13.6. The number of hydrogen-bond acceptors (Lipinski definition) is 2. The number of aryl methyl sites for hydroxylation is 1. The van der Waals surface area contributed by atoms with Gasteiger partial charge >= 0.3 is 0 Å². The zero-order valence-electron chi connectivity index (χ0n) is 12.9. The number of halogens is 2. The van der Waals surface area contributed by atoms with E-state index < -0.39 is 23.1 Å². The number of nitrogens with zero attached hydrogens (tertiary/aromatic N) is 1. The van der Waals surface area contributed by atoms with Crippen LogP contribution >= 0.6 is 0 Å². The van der Waals surface area contributed by atoms with Crippen molar-refractivity contribution < 1.29 is 13.6 Å². The van der Waals surface area contributed by atoms with Crippen LogP contribution in [0.3, 0.4) is 0 Å². The fraction of sp³-hybridized carbons (Fsp3) is 0.278. The minimum absolute atomic E-state index is 0.526. The number of amides is 1. The van der Waals surface area contributed by atoms with Crippen LogP contribution in [0.15, 0.2) is 36.4 Å². The van der Waals surface area contributed by atoms with E-state index in [-0.39, 0.29) is 0 Å². The molecular formula is C18H18F2N2O. The molecule has 0 aromatic heterocycles. The highest BCUT2D eigenvalue weighted by Crippen LogP contribution is 2.27. The molecule has 23 heavy (non-hydrogen) atoms. The molecule has 1 aliphatic heterocycles. The van der Waals surface area contributed by atoms with Gasteiger partial charge in [-0.2, -0.15) is 0 Å². The van der Waals surface area contributed by atoms with E-state index in [1.807, 2.05) is 19.1 Å². The minimum Gasteiger partial charge on any atom is -0.371 e. The summed E-state index contributed by atoms with van der Waals surface area (Å²) in [5.41, 5.74) is 2.13. The van der Waals surface area contributed by atoms with Crippen LogP contribution in [0.2, 0.25) is 0 Å². The number of benzene rings is 2. The van der Waals surface area contributed by atoms with E-state index in [9.17, 15) is 13.6 Å². The maximum absolute atomic E-state index is 13.6. The lowest BCUT2D eigenvalue weighted by Crippen LogP contribution is -2.19. The Labute approximate surface area is 133 Å².